The number of nitrogens with zero attached hydrogens (tertiary/aromatic N) is 1. The van der Waals surface area contributed by atoms with Gasteiger partial charge in [0.05, 0.1) is 31.5 Å². The molecule has 1 aromatic rings. The van der Waals surface area contributed by atoms with Crippen LogP contribution in [0.2, 0.25) is 0 Å². The van der Waals surface area contributed by atoms with E-state index < -0.39 is 70.7 Å². The van der Waals surface area contributed by atoms with Crippen LogP contribution in [0.5, 0.6) is 5.75 Å². The molecule has 3 unspecified atom stereocenters. The normalized spacial score (nSPS) is 47.4. The first-order valence-corrected chi connectivity index (χ1v) is 16.8. The fourth-order valence-electron chi connectivity index (χ4n) is 12.5. The van der Waals surface area contributed by atoms with Crippen LogP contribution in [0.1, 0.15) is 43.5 Å². The van der Waals surface area contributed by atoms with Crippen LogP contribution in [0.15, 0.2) is 24.3 Å². The molecule has 5 aliphatic carbocycles. The van der Waals surface area contributed by atoms with Crippen LogP contribution >= 0.6 is 0 Å². The number of hydrogen-bond donors (Lipinski definition) is 2. The molecule has 6 fully saturated rings. The number of ether oxygens (including phenoxy) is 7. The highest BCUT2D eigenvalue weighted by Crippen LogP contribution is 2.80. The van der Waals surface area contributed by atoms with E-state index in [4.69, 9.17) is 33.2 Å². The summed E-state index contributed by atoms with van der Waals surface area (Å²) in [5.74, 6) is -2.51. The van der Waals surface area contributed by atoms with Crippen LogP contribution in [-0.4, -0.2) is 130 Å². The molecule has 12 nitrogen and oxygen atoms in total. The third-order valence-corrected chi connectivity index (χ3v) is 13.4. The zero-order chi connectivity index (χ0) is 33.7. The highest BCUT2D eigenvalue weighted by Gasteiger charge is 2.91. The molecule has 7 rings (SSSR count). The van der Waals surface area contributed by atoms with Gasteiger partial charge in [0.2, 0.25) is 0 Å². The topological polar surface area (TPSA) is 142 Å². The van der Waals surface area contributed by atoms with E-state index in [9.17, 15) is 19.8 Å². The van der Waals surface area contributed by atoms with E-state index >= 15 is 0 Å². The molecule has 5 saturated carbocycles. The maximum Gasteiger partial charge on any atom is 0.338 e. The lowest BCUT2D eigenvalue weighted by Gasteiger charge is -2.69. The van der Waals surface area contributed by atoms with Crippen molar-refractivity contribution in [2.24, 2.45) is 34.5 Å². The van der Waals surface area contributed by atoms with Crippen molar-refractivity contribution in [3.8, 4) is 5.75 Å². The minimum Gasteiger partial charge on any atom is -0.497 e. The van der Waals surface area contributed by atoms with Crippen LogP contribution < -0.4 is 4.74 Å². The number of hydrogen-bond acceptors (Lipinski definition) is 12. The van der Waals surface area contributed by atoms with E-state index in [2.05, 4.69) is 11.8 Å². The van der Waals surface area contributed by atoms with Crippen molar-refractivity contribution in [2.45, 2.75) is 80.9 Å². The Bertz CT molecular complexity index is 1390. The van der Waals surface area contributed by atoms with Gasteiger partial charge in [-0.25, -0.2) is 4.79 Å². The van der Waals surface area contributed by atoms with Gasteiger partial charge in [-0.15, -0.1) is 0 Å². The first-order chi connectivity index (χ1) is 22.5. The lowest BCUT2D eigenvalue weighted by Crippen LogP contribution is -2.80. The molecule has 1 aliphatic heterocycles. The van der Waals surface area contributed by atoms with Crippen molar-refractivity contribution in [2.75, 3.05) is 55.2 Å². The van der Waals surface area contributed by atoms with Gasteiger partial charge in [0, 0.05) is 76.5 Å². The number of fused-ring (bicyclic) bond motifs is 2. The molecule has 6 aliphatic rings. The molecule has 12 heteroatoms. The summed E-state index contributed by atoms with van der Waals surface area (Å²) < 4.78 is 43.1. The number of carbonyl (C=O) groups is 2. The number of piperidine rings is 1. The number of benzene rings is 1. The molecule has 1 spiro atoms. The number of carbonyl (C=O) groups excluding carboxylic acids is 2. The summed E-state index contributed by atoms with van der Waals surface area (Å²) in [6.45, 7) is 5.39. The third kappa shape index (κ3) is 3.95. The van der Waals surface area contributed by atoms with Gasteiger partial charge in [-0.1, -0.05) is 6.92 Å². The second-order valence-corrected chi connectivity index (χ2v) is 14.7. The van der Waals surface area contributed by atoms with Crippen molar-refractivity contribution in [3.05, 3.63) is 29.8 Å². The molecule has 7 bridgehead atoms. The fourth-order valence-corrected chi connectivity index (χ4v) is 12.5. The minimum atomic E-state index is -1.79. The van der Waals surface area contributed by atoms with Crippen LogP contribution in [0.4, 0.5) is 0 Å². The highest BCUT2D eigenvalue weighted by atomic mass is 16.6. The number of methoxy groups -OCH3 is 5. The van der Waals surface area contributed by atoms with Crippen LogP contribution in [0.3, 0.4) is 0 Å². The summed E-state index contributed by atoms with van der Waals surface area (Å²) >= 11 is 0. The van der Waals surface area contributed by atoms with Gasteiger partial charge in [-0.05, 0) is 56.0 Å². The number of likely N-dealkylation sites (tertiary alicyclic amines) is 1. The first-order valence-electron chi connectivity index (χ1n) is 16.8. The molecule has 1 aromatic carbocycles. The third-order valence-electron chi connectivity index (χ3n) is 13.4. The quantitative estimate of drug-likeness (QED) is 0.353. The van der Waals surface area contributed by atoms with Gasteiger partial charge in [0.15, 0.2) is 5.60 Å². The minimum absolute atomic E-state index is 0.118. The Hall–Kier alpha value is -2.32. The van der Waals surface area contributed by atoms with Crippen LogP contribution in [-0.2, 0) is 33.2 Å². The predicted octanol–water partition coefficient (Wildman–Crippen LogP) is 1.69. The van der Waals surface area contributed by atoms with Crippen molar-refractivity contribution in [1.82, 2.24) is 4.90 Å². The maximum atomic E-state index is 13.9. The lowest BCUT2D eigenvalue weighted by molar-refractivity contribution is -0.317. The Morgan fingerprint density at radius 3 is 2.30 bits per heavy atom. The second-order valence-electron chi connectivity index (χ2n) is 14.7. The smallest absolute Gasteiger partial charge is 0.338 e. The molecular weight excluding hydrogens is 610 g/mol. The van der Waals surface area contributed by atoms with Gasteiger partial charge < -0.3 is 43.4 Å². The summed E-state index contributed by atoms with van der Waals surface area (Å²) in [7, 11) is 8.11. The zero-order valence-electron chi connectivity index (χ0n) is 28.3. The standard InChI is InChI=1S/C35H49NO11/c1-8-36-16-32(17-41-3)14-13-22(43-5)34-21-15-33(40)29(46-31(39)19-9-11-20(42-4)12-10-19)23(21)35(47-18(2)37,28(38)30(33)45-7)24(27(34)36)25(44-6)26(32)34/h9-12,21-30,38,40H,8,13-17H2,1-7H3/t21-,22+,23-,24?,25+,26-,27?,28+,29-,30+,32+,33-,34?,35-/m1/s1. The molecule has 0 aromatic heterocycles. The Morgan fingerprint density at radius 2 is 1.72 bits per heavy atom. The van der Waals surface area contributed by atoms with E-state index in [0.717, 1.165) is 19.4 Å². The number of rotatable bonds is 10. The Balaban J connectivity index is 1.48. The summed E-state index contributed by atoms with van der Waals surface area (Å²) in [5.41, 5.74) is -4.08. The molecule has 260 valence electrons. The fraction of sp³-hybridized carbons (Fsp3) is 0.771. The number of aliphatic hydroxyl groups excluding tert-OH is 1. The average Bonchev–Trinajstić information content (AvgIpc) is 3.43. The molecule has 2 N–H and O–H groups in total. The number of esters is 2. The SMILES string of the molecule is CCN1C[C@]2(COC)CC[C@H](OC)C34C1C([C@H](OC)[C@@H]32)[C@]1(OC(C)=O)[C@@H]2[C@H]4C[C@@](O)([C@@H]2OC(=O)c2ccc(OC)cc2)[C@@H](OC)[C@@H]1O. The van der Waals surface area contributed by atoms with Gasteiger partial charge in [0.1, 0.15) is 29.7 Å². The van der Waals surface area contributed by atoms with Gasteiger partial charge in [-0.2, -0.15) is 0 Å². The molecule has 47 heavy (non-hydrogen) atoms. The van der Waals surface area contributed by atoms with Crippen molar-refractivity contribution >= 4 is 11.9 Å². The van der Waals surface area contributed by atoms with E-state index in [-0.39, 0.29) is 35.5 Å². The van der Waals surface area contributed by atoms with Crippen molar-refractivity contribution in [3.63, 3.8) is 0 Å². The van der Waals surface area contributed by atoms with Gasteiger partial charge in [-0.3, -0.25) is 9.69 Å². The maximum absolute atomic E-state index is 13.9. The van der Waals surface area contributed by atoms with Crippen molar-refractivity contribution < 1.29 is 53.0 Å². The molecule has 1 saturated heterocycles. The lowest BCUT2D eigenvalue weighted by atomic mass is 9.43. The molecule has 1 heterocycles. The van der Waals surface area contributed by atoms with E-state index in [1.807, 2.05) is 0 Å². The number of aliphatic hydroxyl groups is 2. The second kappa shape index (κ2) is 11.4. The summed E-state index contributed by atoms with van der Waals surface area (Å²) in [4.78, 5) is 29.6. The molecular formula is C35H49NO11. The summed E-state index contributed by atoms with van der Waals surface area (Å²) in [6.07, 6.45) is -2.79. The predicted molar refractivity (Wildman–Crippen MR) is 166 cm³/mol. The Kier molecular flexibility index (Phi) is 8.02. The highest BCUT2D eigenvalue weighted by molar-refractivity contribution is 5.89. The molecule has 0 amide bonds. The Morgan fingerprint density at radius 1 is 1.00 bits per heavy atom. The average molecular weight is 660 g/mol. The van der Waals surface area contributed by atoms with Gasteiger partial charge in [0.25, 0.3) is 0 Å². The monoisotopic (exact) mass is 659 g/mol. The molecule has 14 atom stereocenters. The molecule has 0 radical (unpaired) electrons. The summed E-state index contributed by atoms with van der Waals surface area (Å²) in [6, 6.07) is 6.32. The summed E-state index contributed by atoms with van der Waals surface area (Å²) in [5, 5.41) is 25.4. The largest absolute Gasteiger partial charge is 0.497 e. The Labute approximate surface area is 275 Å². The van der Waals surface area contributed by atoms with E-state index in [1.54, 1.807) is 52.7 Å². The zero-order valence-corrected chi connectivity index (χ0v) is 28.3. The van der Waals surface area contributed by atoms with E-state index in [0.29, 0.717) is 18.9 Å². The van der Waals surface area contributed by atoms with Crippen LogP contribution in [0, 0.1) is 34.5 Å². The van der Waals surface area contributed by atoms with Crippen molar-refractivity contribution in [1.29, 1.82) is 0 Å². The first kappa shape index (κ1) is 33.2. The van der Waals surface area contributed by atoms with Crippen LogP contribution in [0.25, 0.3) is 0 Å². The van der Waals surface area contributed by atoms with Gasteiger partial charge >= 0.3 is 11.9 Å². The van der Waals surface area contributed by atoms with E-state index in [1.165, 1.54) is 14.0 Å².